The zero-order chi connectivity index (χ0) is 23.3. The maximum atomic E-state index is 13.8. The van der Waals surface area contributed by atoms with Crippen LogP contribution in [0.3, 0.4) is 0 Å². The molecule has 0 radical (unpaired) electrons. The van der Waals surface area contributed by atoms with Gasteiger partial charge in [-0.1, -0.05) is 23.7 Å². The second kappa shape index (κ2) is 10.1. The molecule has 1 aromatic heterocycles. The van der Waals surface area contributed by atoms with Gasteiger partial charge in [0.05, 0.1) is 16.0 Å². The fourth-order valence-corrected chi connectivity index (χ4v) is 3.01. The molecular weight excluding hydrogens is 446 g/mol. The largest absolute Gasteiger partial charge is 0.434 e. The van der Waals surface area contributed by atoms with Crippen LogP contribution in [0, 0.1) is 21.7 Å². The summed E-state index contributed by atoms with van der Waals surface area (Å²) in [6.07, 6.45) is 1.52. The first-order valence-corrected chi connectivity index (χ1v) is 9.66. The number of halogens is 3. The Morgan fingerprint density at radius 1 is 1.19 bits per heavy atom. The lowest BCUT2D eigenvalue weighted by atomic mass is 10.1. The molecule has 0 fully saturated rings. The molecule has 8 nitrogen and oxygen atoms in total. The minimum absolute atomic E-state index is 0.148. The van der Waals surface area contributed by atoms with Crippen LogP contribution in [0.25, 0.3) is 0 Å². The van der Waals surface area contributed by atoms with E-state index in [0.29, 0.717) is 11.3 Å². The van der Waals surface area contributed by atoms with Crippen LogP contribution < -0.4 is 15.8 Å². The third-order valence-electron chi connectivity index (χ3n) is 4.46. The Hall–Kier alpha value is -3.63. The fourth-order valence-electron chi connectivity index (χ4n) is 2.79. The van der Waals surface area contributed by atoms with E-state index < -0.39 is 33.5 Å². The van der Waals surface area contributed by atoms with Crippen molar-refractivity contribution in [1.29, 1.82) is 0 Å². The van der Waals surface area contributed by atoms with Gasteiger partial charge in [0.2, 0.25) is 5.91 Å². The van der Waals surface area contributed by atoms with Gasteiger partial charge in [0, 0.05) is 24.4 Å². The van der Waals surface area contributed by atoms with Crippen LogP contribution in [0.15, 0.2) is 54.7 Å². The number of carbonyl (C=O) groups is 1. The predicted molar refractivity (Wildman–Crippen MR) is 112 cm³/mol. The van der Waals surface area contributed by atoms with E-state index in [1.807, 2.05) is 0 Å². The lowest BCUT2D eigenvalue weighted by Gasteiger charge is -2.14. The monoisotopic (exact) mass is 462 g/mol. The quantitative estimate of drug-likeness (QED) is 0.297. The molecule has 0 saturated heterocycles. The third kappa shape index (κ3) is 5.54. The fraction of sp³-hybridized carbons (Fsp3) is 0.143. The summed E-state index contributed by atoms with van der Waals surface area (Å²) >= 11 is 5.74. The molecule has 0 aliphatic heterocycles. The average Bonchev–Trinajstić information content (AvgIpc) is 2.77. The highest BCUT2D eigenvalue weighted by Gasteiger charge is 2.18. The summed E-state index contributed by atoms with van der Waals surface area (Å²) in [5, 5.41) is 13.1. The number of ether oxygens (including phenoxy) is 1. The van der Waals surface area contributed by atoms with Crippen molar-refractivity contribution in [3.05, 3.63) is 92.6 Å². The summed E-state index contributed by atoms with van der Waals surface area (Å²) in [5.74, 6) is -1.95. The molecule has 2 aromatic carbocycles. The minimum atomic E-state index is -0.964. The molecule has 1 unspecified atom stereocenters. The number of nitrogens with zero attached hydrogens (tertiary/aromatic N) is 2. The van der Waals surface area contributed by atoms with Crippen LogP contribution in [-0.2, 0) is 17.8 Å². The SMILES string of the molecule is NC(Cc1ccc(Oc2ncccc2[N+](=O)[O-])cc1)C(=O)NCc1c(F)ccc(F)c1Cl. The maximum absolute atomic E-state index is 13.8. The maximum Gasteiger partial charge on any atom is 0.331 e. The van der Waals surface area contributed by atoms with Gasteiger partial charge in [-0.2, -0.15) is 0 Å². The molecule has 166 valence electrons. The average molecular weight is 463 g/mol. The Morgan fingerprint density at radius 2 is 1.88 bits per heavy atom. The predicted octanol–water partition coefficient (Wildman–Crippen LogP) is 3.90. The van der Waals surface area contributed by atoms with E-state index >= 15 is 0 Å². The highest BCUT2D eigenvalue weighted by Crippen LogP contribution is 2.28. The van der Waals surface area contributed by atoms with Gasteiger partial charge in [0.1, 0.15) is 17.4 Å². The topological polar surface area (TPSA) is 120 Å². The number of benzene rings is 2. The molecule has 3 N–H and O–H groups in total. The van der Waals surface area contributed by atoms with Crippen LogP contribution in [0.2, 0.25) is 5.02 Å². The van der Waals surface area contributed by atoms with Crippen molar-refractivity contribution in [2.24, 2.45) is 5.73 Å². The Morgan fingerprint density at radius 3 is 2.56 bits per heavy atom. The number of nitrogens with two attached hydrogens (primary N) is 1. The smallest absolute Gasteiger partial charge is 0.331 e. The summed E-state index contributed by atoms with van der Waals surface area (Å²) < 4.78 is 32.7. The normalized spacial score (nSPS) is 11.6. The van der Waals surface area contributed by atoms with Gasteiger partial charge >= 0.3 is 5.69 Å². The summed E-state index contributed by atoms with van der Waals surface area (Å²) in [5.41, 5.74) is 6.15. The van der Waals surface area contributed by atoms with Crippen molar-refractivity contribution in [3.8, 4) is 11.6 Å². The van der Waals surface area contributed by atoms with Gasteiger partial charge in [-0.3, -0.25) is 14.9 Å². The van der Waals surface area contributed by atoms with Crippen LogP contribution in [0.4, 0.5) is 14.5 Å². The summed E-state index contributed by atoms with van der Waals surface area (Å²) in [4.78, 5) is 26.5. The molecule has 1 heterocycles. The van der Waals surface area contributed by atoms with E-state index in [-0.39, 0.29) is 30.1 Å². The van der Waals surface area contributed by atoms with Gasteiger partial charge in [-0.05, 0) is 42.3 Å². The summed E-state index contributed by atoms with van der Waals surface area (Å²) in [6, 6.07) is 9.95. The summed E-state index contributed by atoms with van der Waals surface area (Å²) in [7, 11) is 0. The first kappa shape index (κ1) is 23.0. The Bertz CT molecular complexity index is 1150. The zero-order valence-corrected chi connectivity index (χ0v) is 17.2. The van der Waals surface area contributed by atoms with Gasteiger partial charge in [-0.15, -0.1) is 0 Å². The van der Waals surface area contributed by atoms with Crippen molar-refractivity contribution in [1.82, 2.24) is 10.3 Å². The number of nitro groups is 1. The molecule has 32 heavy (non-hydrogen) atoms. The van der Waals surface area contributed by atoms with E-state index in [1.54, 1.807) is 24.3 Å². The first-order chi connectivity index (χ1) is 15.3. The standard InChI is InChI=1S/C21H17ClF2N4O4/c22-19-14(15(23)7-8-16(19)24)11-27-20(29)17(25)10-12-3-5-13(6-4-12)32-21-18(28(30)31)2-1-9-26-21/h1-9,17H,10-11,25H2,(H,27,29). The number of nitrogens with one attached hydrogen (secondary N) is 1. The molecule has 3 rings (SSSR count). The van der Waals surface area contributed by atoms with Crippen molar-refractivity contribution >= 4 is 23.2 Å². The number of aromatic nitrogens is 1. The molecular formula is C21H17ClF2N4O4. The number of carbonyl (C=O) groups excluding carboxylic acids is 1. The lowest BCUT2D eigenvalue weighted by molar-refractivity contribution is -0.386. The number of amides is 1. The molecule has 11 heteroatoms. The van der Waals surface area contributed by atoms with E-state index in [0.717, 1.165) is 12.1 Å². The van der Waals surface area contributed by atoms with Gasteiger partial charge in [0.15, 0.2) is 0 Å². The van der Waals surface area contributed by atoms with Crippen molar-refractivity contribution in [3.63, 3.8) is 0 Å². The number of hydrogen-bond donors (Lipinski definition) is 2. The molecule has 3 aromatic rings. The molecule has 0 saturated carbocycles. The highest BCUT2D eigenvalue weighted by molar-refractivity contribution is 6.31. The van der Waals surface area contributed by atoms with Crippen LogP contribution in [-0.4, -0.2) is 21.9 Å². The lowest BCUT2D eigenvalue weighted by Crippen LogP contribution is -2.41. The minimum Gasteiger partial charge on any atom is -0.434 e. The summed E-state index contributed by atoms with van der Waals surface area (Å²) in [6.45, 7) is -0.315. The first-order valence-electron chi connectivity index (χ1n) is 9.28. The molecule has 1 amide bonds. The van der Waals surface area contributed by atoms with Crippen LogP contribution in [0.1, 0.15) is 11.1 Å². The molecule has 0 spiro atoms. The van der Waals surface area contributed by atoms with E-state index in [2.05, 4.69) is 10.3 Å². The van der Waals surface area contributed by atoms with E-state index in [1.165, 1.54) is 18.3 Å². The van der Waals surface area contributed by atoms with E-state index in [4.69, 9.17) is 22.1 Å². The van der Waals surface area contributed by atoms with Crippen molar-refractivity contribution in [2.45, 2.75) is 19.0 Å². The molecule has 0 bridgehead atoms. The number of hydrogen-bond acceptors (Lipinski definition) is 6. The van der Waals surface area contributed by atoms with Gasteiger partial charge in [-0.25, -0.2) is 13.8 Å². The Kier molecular flexibility index (Phi) is 7.29. The molecule has 0 aliphatic rings. The van der Waals surface area contributed by atoms with Gasteiger partial charge in [0.25, 0.3) is 5.88 Å². The zero-order valence-electron chi connectivity index (χ0n) is 16.4. The van der Waals surface area contributed by atoms with Crippen molar-refractivity contribution < 1.29 is 23.2 Å². The Labute approximate surface area is 186 Å². The second-order valence-electron chi connectivity index (χ2n) is 6.68. The number of pyridine rings is 1. The molecule has 1 atom stereocenters. The van der Waals surface area contributed by atoms with E-state index in [9.17, 15) is 23.7 Å². The van der Waals surface area contributed by atoms with Gasteiger partial charge < -0.3 is 15.8 Å². The second-order valence-corrected chi connectivity index (χ2v) is 7.06. The highest BCUT2D eigenvalue weighted by atomic mass is 35.5. The van der Waals surface area contributed by atoms with Crippen molar-refractivity contribution in [2.75, 3.05) is 0 Å². The third-order valence-corrected chi connectivity index (χ3v) is 4.86. The van der Waals surface area contributed by atoms with Crippen LogP contribution in [0.5, 0.6) is 11.6 Å². The number of rotatable bonds is 8. The Balaban J connectivity index is 1.59. The van der Waals surface area contributed by atoms with Crippen LogP contribution >= 0.6 is 11.6 Å². The molecule has 0 aliphatic carbocycles.